The Morgan fingerprint density at radius 1 is 0.926 bits per heavy atom. The summed E-state index contributed by atoms with van der Waals surface area (Å²) >= 11 is 0. The van der Waals surface area contributed by atoms with Crippen molar-refractivity contribution in [1.29, 1.82) is 0 Å². The molecule has 0 aliphatic carbocycles. The quantitative estimate of drug-likeness (QED) is 0.706. The second kappa shape index (κ2) is 8.62. The zero-order valence-electron chi connectivity index (χ0n) is 14.8. The predicted molar refractivity (Wildman–Crippen MR) is 103 cm³/mol. The number of pyridine rings is 1. The second-order valence-corrected chi connectivity index (χ2v) is 5.76. The first-order valence-electron chi connectivity index (χ1n) is 8.39. The molecule has 2 aromatic carbocycles. The molecule has 136 valence electrons. The molecule has 3 aromatic rings. The van der Waals surface area contributed by atoms with Crippen molar-refractivity contribution < 1.29 is 14.3 Å². The lowest BCUT2D eigenvalue weighted by Gasteiger charge is -2.12. The van der Waals surface area contributed by atoms with E-state index in [1.807, 2.05) is 18.2 Å². The molecule has 6 heteroatoms. The molecule has 0 aliphatic rings. The summed E-state index contributed by atoms with van der Waals surface area (Å²) in [6, 6.07) is 17.6. The van der Waals surface area contributed by atoms with Crippen LogP contribution in [0.2, 0.25) is 0 Å². The number of amides is 2. The maximum atomic E-state index is 12.3. The minimum absolute atomic E-state index is 0.203. The molecule has 0 atom stereocenters. The van der Waals surface area contributed by atoms with Gasteiger partial charge in [0.05, 0.1) is 12.7 Å². The summed E-state index contributed by atoms with van der Waals surface area (Å²) in [4.78, 5) is 28.6. The Labute approximate surface area is 157 Å². The van der Waals surface area contributed by atoms with Gasteiger partial charge in [-0.05, 0) is 48.0 Å². The van der Waals surface area contributed by atoms with Gasteiger partial charge < -0.3 is 15.4 Å². The minimum atomic E-state index is -0.253. The van der Waals surface area contributed by atoms with Gasteiger partial charge in [0, 0.05) is 30.2 Å². The summed E-state index contributed by atoms with van der Waals surface area (Å²) in [7, 11) is 1.58. The standard InChI is InChI=1S/C21H19N3O3/c1-27-18-10-8-15(9-11-18)20(25)23-14-16-5-2-3-7-19(16)24-21(26)17-6-4-12-22-13-17/h2-13H,14H2,1H3,(H,23,25)(H,24,26). The van der Waals surface area contributed by atoms with Crippen molar-refractivity contribution in [2.45, 2.75) is 6.54 Å². The normalized spacial score (nSPS) is 10.1. The van der Waals surface area contributed by atoms with Crippen LogP contribution in [-0.4, -0.2) is 23.9 Å². The molecule has 0 radical (unpaired) electrons. The van der Waals surface area contributed by atoms with Crippen LogP contribution in [0, 0.1) is 0 Å². The van der Waals surface area contributed by atoms with Crippen LogP contribution in [0.25, 0.3) is 0 Å². The number of nitrogens with zero attached hydrogens (tertiary/aromatic N) is 1. The first kappa shape index (κ1) is 18.1. The molecule has 0 saturated heterocycles. The molecule has 1 heterocycles. The fraction of sp³-hybridized carbons (Fsp3) is 0.0952. The van der Waals surface area contributed by atoms with Gasteiger partial charge in [0.25, 0.3) is 11.8 Å². The molecule has 6 nitrogen and oxygen atoms in total. The topological polar surface area (TPSA) is 80.3 Å². The lowest BCUT2D eigenvalue weighted by Crippen LogP contribution is -2.23. The Bertz CT molecular complexity index is 925. The maximum Gasteiger partial charge on any atom is 0.257 e. The van der Waals surface area contributed by atoms with E-state index in [0.717, 1.165) is 5.56 Å². The Balaban J connectivity index is 1.67. The number of hydrogen-bond donors (Lipinski definition) is 2. The Kier molecular flexibility index (Phi) is 5.79. The van der Waals surface area contributed by atoms with Crippen LogP contribution in [-0.2, 0) is 6.54 Å². The highest BCUT2D eigenvalue weighted by Crippen LogP contribution is 2.17. The predicted octanol–water partition coefficient (Wildman–Crippen LogP) is 3.27. The number of methoxy groups -OCH3 is 1. The molecule has 0 fully saturated rings. The summed E-state index contributed by atoms with van der Waals surface area (Å²) in [6.07, 6.45) is 3.11. The molecule has 27 heavy (non-hydrogen) atoms. The average Bonchev–Trinajstić information content (AvgIpc) is 2.73. The molecule has 2 amide bonds. The molecule has 0 aliphatic heterocycles. The van der Waals surface area contributed by atoms with Gasteiger partial charge in [0.2, 0.25) is 0 Å². The van der Waals surface area contributed by atoms with Gasteiger partial charge in [-0.1, -0.05) is 18.2 Å². The summed E-state index contributed by atoms with van der Waals surface area (Å²) < 4.78 is 5.09. The smallest absolute Gasteiger partial charge is 0.257 e. The molecule has 0 bridgehead atoms. The van der Waals surface area contributed by atoms with Crippen LogP contribution in [0.5, 0.6) is 5.75 Å². The van der Waals surface area contributed by atoms with Crippen LogP contribution in [0.15, 0.2) is 73.1 Å². The molecule has 1 aromatic heterocycles. The monoisotopic (exact) mass is 361 g/mol. The van der Waals surface area contributed by atoms with Crippen molar-refractivity contribution in [1.82, 2.24) is 10.3 Å². The van der Waals surface area contributed by atoms with Gasteiger partial charge in [-0.15, -0.1) is 0 Å². The van der Waals surface area contributed by atoms with E-state index in [9.17, 15) is 9.59 Å². The Morgan fingerprint density at radius 3 is 2.41 bits per heavy atom. The SMILES string of the molecule is COc1ccc(C(=O)NCc2ccccc2NC(=O)c2cccnc2)cc1. The minimum Gasteiger partial charge on any atom is -0.497 e. The van der Waals surface area contributed by atoms with Crippen LogP contribution >= 0.6 is 0 Å². The second-order valence-electron chi connectivity index (χ2n) is 5.76. The van der Waals surface area contributed by atoms with Gasteiger partial charge in [-0.3, -0.25) is 14.6 Å². The fourth-order valence-corrected chi connectivity index (χ4v) is 2.51. The third-order valence-corrected chi connectivity index (χ3v) is 3.98. The highest BCUT2D eigenvalue weighted by Gasteiger charge is 2.11. The van der Waals surface area contributed by atoms with E-state index in [2.05, 4.69) is 15.6 Å². The van der Waals surface area contributed by atoms with Crippen LogP contribution < -0.4 is 15.4 Å². The highest BCUT2D eigenvalue weighted by molar-refractivity contribution is 6.04. The molecule has 0 saturated carbocycles. The van der Waals surface area contributed by atoms with Crippen molar-refractivity contribution in [3.05, 3.63) is 89.7 Å². The highest BCUT2D eigenvalue weighted by atomic mass is 16.5. The number of carbonyl (C=O) groups is 2. The first-order chi connectivity index (χ1) is 13.2. The van der Waals surface area contributed by atoms with Crippen molar-refractivity contribution in [3.63, 3.8) is 0 Å². The number of aromatic nitrogens is 1. The number of ether oxygens (including phenoxy) is 1. The van der Waals surface area contributed by atoms with Crippen LogP contribution in [0.1, 0.15) is 26.3 Å². The maximum absolute atomic E-state index is 12.3. The number of para-hydroxylation sites is 1. The molecular weight excluding hydrogens is 342 g/mol. The van der Waals surface area contributed by atoms with E-state index in [-0.39, 0.29) is 18.4 Å². The molecule has 0 spiro atoms. The Hall–Kier alpha value is -3.67. The first-order valence-corrected chi connectivity index (χ1v) is 8.39. The van der Waals surface area contributed by atoms with E-state index in [0.29, 0.717) is 22.6 Å². The number of hydrogen-bond acceptors (Lipinski definition) is 4. The van der Waals surface area contributed by atoms with Gasteiger partial charge in [0.15, 0.2) is 0 Å². The molecule has 3 rings (SSSR count). The van der Waals surface area contributed by atoms with Crippen molar-refractivity contribution in [3.8, 4) is 5.75 Å². The molecule has 2 N–H and O–H groups in total. The van der Waals surface area contributed by atoms with Gasteiger partial charge >= 0.3 is 0 Å². The Morgan fingerprint density at radius 2 is 1.70 bits per heavy atom. The number of carbonyl (C=O) groups excluding carboxylic acids is 2. The third kappa shape index (κ3) is 4.70. The van der Waals surface area contributed by atoms with E-state index in [1.165, 1.54) is 6.20 Å². The third-order valence-electron chi connectivity index (χ3n) is 3.98. The number of nitrogens with one attached hydrogen (secondary N) is 2. The van der Waals surface area contributed by atoms with Gasteiger partial charge in [0.1, 0.15) is 5.75 Å². The van der Waals surface area contributed by atoms with E-state index >= 15 is 0 Å². The molecule has 0 unspecified atom stereocenters. The number of benzene rings is 2. The van der Waals surface area contributed by atoms with Crippen molar-refractivity contribution in [2.24, 2.45) is 0 Å². The largest absolute Gasteiger partial charge is 0.497 e. The lowest BCUT2D eigenvalue weighted by atomic mass is 10.1. The zero-order valence-corrected chi connectivity index (χ0v) is 14.8. The summed E-state index contributed by atoms with van der Waals surface area (Å²) in [5.41, 5.74) is 2.44. The zero-order chi connectivity index (χ0) is 19.1. The van der Waals surface area contributed by atoms with E-state index in [1.54, 1.807) is 55.8 Å². The molecular formula is C21H19N3O3. The average molecular weight is 361 g/mol. The number of rotatable bonds is 6. The van der Waals surface area contributed by atoms with Crippen molar-refractivity contribution in [2.75, 3.05) is 12.4 Å². The summed E-state index contributed by atoms with van der Waals surface area (Å²) in [6.45, 7) is 0.286. The van der Waals surface area contributed by atoms with Gasteiger partial charge in [-0.2, -0.15) is 0 Å². The van der Waals surface area contributed by atoms with Crippen LogP contribution in [0.3, 0.4) is 0 Å². The van der Waals surface area contributed by atoms with Crippen LogP contribution in [0.4, 0.5) is 5.69 Å². The van der Waals surface area contributed by atoms with Gasteiger partial charge in [-0.25, -0.2) is 0 Å². The lowest BCUT2D eigenvalue weighted by molar-refractivity contribution is 0.0950. The number of anilines is 1. The fourth-order valence-electron chi connectivity index (χ4n) is 2.51. The van der Waals surface area contributed by atoms with Crippen molar-refractivity contribution >= 4 is 17.5 Å². The summed E-state index contributed by atoms with van der Waals surface area (Å²) in [5.74, 6) is 0.234. The van der Waals surface area contributed by atoms with E-state index < -0.39 is 0 Å². The summed E-state index contributed by atoms with van der Waals surface area (Å²) in [5, 5.41) is 5.72. The van der Waals surface area contributed by atoms with E-state index in [4.69, 9.17) is 4.74 Å².